The molecule has 0 aliphatic carbocycles. The third-order valence-electron chi connectivity index (χ3n) is 1.58. The summed E-state index contributed by atoms with van der Waals surface area (Å²) in [5.41, 5.74) is 0.665. The molecule has 3 heteroatoms. The topological polar surface area (TPSA) is 53.2 Å². The Bertz CT molecular complexity index is 421. The Morgan fingerprint density at radius 1 is 1.50 bits per heavy atom. The molecule has 0 heterocycles. The SMILES string of the molecule is COc1ccc(C#CCC#N)cc1O. The average molecular weight is 187 g/mol. The fraction of sp³-hybridized carbons (Fsp3) is 0.182. The van der Waals surface area contributed by atoms with Gasteiger partial charge in [0.05, 0.1) is 19.6 Å². The molecule has 1 aromatic carbocycles. The van der Waals surface area contributed by atoms with E-state index >= 15 is 0 Å². The van der Waals surface area contributed by atoms with E-state index in [0.29, 0.717) is 11.3 Å². The Balaban J connectivity index is 2.89. The number of ether oxygens (including phenoxy) is 1. The molecule has 0 radical (unpaired) electrons. The second kappa shape index (κ2) is 4.79. The Kier molecular flexibility index (Phi) is 3.41. The smallest absolute Gasteiger partial charge is 0.160 e. The monoisotopic (exact) mass is 187 g/mol. The molecule has 0 amide bonds. The van der Waals surface area contributed by atoms with Gasteiger partial charge in [0.25, 0.3) is 0 Å². The normalized spacial score (nSPS) is 8.29. The molecule has 0 saturated carbocycles. The minimum absolute atomic E-state index is 0.0521. The first-order chi connectivity index (χ1) is 6.77. The molecule has 0 aliphatic heterocycles. The Labute approximate surface area is 82.6 Å². The number of hydrogen-bond acceptors (Lipinski definition) is 3. The van der Waals surface area contributed by atoms with Crippen LogP contribution in [0.25, 0.3) is 0 Å². The molecule has 0 bridgehead atoms. The van der Waals surface area contributed by atoms with Gasteiger partial charge >= 0.3 is 0 Å². The number of benzene rings is 1. The zero-order chi connectivity index (χ0) is 10.4. The summed E-state index contributed by atoms with van der Waals surface area (Å²) in [5.74, 6) is 5.87. The number of nitrogens with zero attached hydrogens (tertiary/aromatic N) is 1. The molecule has 3 nitrogen and oxygen atoms in total. The Morgan fingerprint density at radius 3 is 2.86 bits per heavy atom. The first-order valence-corrected chi connectivity index (χ1v) is 4.00. The highest BCUT2D eigenvalue weighted by Crippen LogP contribution is 2.25. The molecular formula is C11H9NO2. The van der Waals surface area contributed by atoms with Crippen LogP contribution in [0.4, 0.5) is 0 Å². The van der Waals surface area contributed by atoms with E-state index in [9.17, 15) is 5.11 Å². The van der Waals surface area contributed by atoms with Crippen LogP contribution in [0.1, 0.15) is 12.0 Å². The summed E-state index contributed by atoms with van der Waals surface area (Å²) >= 11 is 0. The molecule has 0 unspecified atom stereocenters. The van der Waals surface area contributed by atoms with E-state index in [-0.39, 0.29) is 12.2 Å². The van der Waals surface area contributed by atoms with Gasteiger partial charge in [0.1, 0.15) is 0 Å². The van der Waals surface area contributed by atoms with Gasteiger partial charge in [0.15, 0.2) is 11.5 Å². The van der Waals surface area contributed by atoms with Gasteiger partial charge in [0, 0.05) is 5.56 Å². The van der Waals surface area contributed by atoms with Gasteiger partial charge in [-0.05, 0) is 18.2 Å². The number of aromatic hydroxyl groups is 1. The largest absolute Gasteiger partial charge is 0.504 e. The zero-order valence-corrected chi connectivity index (χ0v) is 7.74. The van der Waals surface area contributed by atoms with Gasteiger partial charge < -0.3 is 9.84 Å². The summed E-state index contributed by atoms with van der Waals surface area (Å²) in [7, 11) is 1.48. The predicted molar refractivity (Wildman–Crippen MR) is 51.8 cm³/mol. The minimum atomic E-state index is 0.0521. The van der Waals surface area contributed by atoms with Gasteiger partial charge in [-0.15, -0.1) is 0 Å². The van der Waals surface area contributed by atoms with Crippen molar-refractivity contribution in [1.82, 2.24) is 0 Å². The summed E-state index contributed by atoms with van der Waals surface area (Å²) in [4.78, 5) is 0. The van der Waals surface area contributed by atoms with Crippen LogP contribution in [-0.4, -0.2) is 12.2 Å². The van der Waals surface area contributed by atoms with E-state index in [1.165, 1.54) is 13.2 Å². The van der Waals surface area contributed by atoms with E-state index in [1.54, 1.807) is 12.1 Å². The Morgan fingerprint density at radius 2 is 2.29 bits per heavy atom. The van der Waals surface area contributed by atoms with Crippen molar-refractivity contribution in [3.63, 3.8) is 0 Å². The first kappa shape index (κ1) is 9.95. The van der Waals surface area contributed by atoms with Crippen molar-refractivity contribution in [2.75, 3.05) is 7.11 Å². The Hall–Kier alpha value is -2.13. The highest BCUT2D eigenvalue weighted by Gasteiger charge is 1.99. The van der Waals surface area contributed by atoms with E-state index < -0.39 is 0 Å². The third-order valence-corrected chi connectivity index (χ3v) is 1.58. The molecule has 70 valence electrons. The standard InChI is InChI=1S/C11H9NO2/c1-14-11-6-5-9(8-10(11)13)4-2-3-7-12/h5-6,8,13H,3H2,1H3. The maximum atomic E-state index is 9.39. The molecular weight excluding hydrogens is 178 g/mol. The van der Waals surface area contributed by atoms with Gasteiger partial charge in [-0.25, -0.2) is 0 Å². The van der Waals surface area contributed by atoms with Gasteiger partial charge in [-0.3, -0.25) is 0 Å². The first-order valence-electron chi connectivity index (χ1n) is 4.00. The molecule has 0 fully saturated rings. The van der Waals surface area contributed by atoms with E-state index in [1.807, 2.05) is 6.07 Å². The average Bonchev–Trinajstić information content (AvgIpc) is 2.18. The summed E-state index contributed by atoms with van der Waals surface area (Å²) in [6.07, 6.45) is 0.187. The lowest BCUT2D eigenvalue weighted by Gasteiger charge is -2.01. The quantitative estimate of drug-likeness (QED) is 0.680. The summed E-state index contributed by atoms with van der Waals surface area (Å²) < 4.78 is 4.88. The lowest BCUT2D eigenvalue weighted by Crippen LogP contribution is -1.83. The third kappa shape index (κ3) is 2.43. The molecule has 1 N–H and O–H groups in total. The van der Waals surface area contributed by atoms with E-state index in [4.69, 9.17) is 10.00 Å². The minimum Gasteiger partial charge on any atom is -0.504 e. The van der Waals surface area contributed by atoms with Crippen molar-refractivity contribution in [3.05, 3.63) is 23.8 Å². The summed E-state index contributed by atoms with van der Waals surface area (Å²) in [6.45, 7) is 0. The number of nitriles is 1. The predicted octanol–water partition coefficient (Wildman–Crippen LogP) is 1.67. The molecule has 0 atom stereocenters. The fourth-order valence-corrected chi connectivity index (χ4v) is 0.954. The molecule has 1 aromatic rings. The maximum Gasteiger partial charge on any atom is 0.160 e. The van der Waals surface area contributed by atoms with Crippen LogP contribution in [-0.2, 0) is 0 Å². The lowest BCUT2D eigenvalue weighted by molar-refractivity contribution is 0.373. The van der Waals surface area contributed by atoms with Crippen LogP contribution >= 0.6 is 0 Å². The van der Waals surface area contributed by atoms with Crippen molar-refractivity contribution >= 4 is 0 Å². The molecule has 0 saturated heterocycles. The van der Waals surface area contributed by atoms with E-state index in [2.05, 4.69) is 11.8 Å². The summed E-state index contributed by atoms with van der Waals surface area (Å²) in [5, 5.41) is 17.6. The second-order valence-corrected chi connectivity index (χ2v) is 2.52. The molecule has 14 heavy (non-hydrogen) atoms. The van der Waals surface area contributed by atoms with Crippen LogP contribution in [0.15, 0.2) is 18.2 Å². The fourth-order valence-electron chi connectivity index (χ4n) is 0.954. The van der Waals surface area contributed by atoms with Crippen molar-refractivity contribution in [1.29, 1.82) is 5.26 Å². The van der Waals surface area contributed by atoms with Crippen LogP contribution < -0.4 is 4.74 Å². The summed E-state index contributed by atoms with van der Waals surface area (Å²) in [6, 6.07) is 6.77. The van der Waals surface area contributed by atoms with Crippen LogP contribution in [0.3, 0.4) is 0 Å². The molecule has 1 rings (SSSR count). The second-order valence-electron chi connectivity index (χ2n) is 2.52. The number of methoxy groups -OCH3 is 1. The van der Waals surface area contributed by atoms with Gasteiger partial charge in [-0.1, -0.05) is 11.8 Å². The van der Waals surface area contributed by atoms with Crippen molar-refractivity contribution < 1.29 is 9.84 Å². The number of phenolic OH excluding ortho intramolecular Hbond substituents is 1. The maximum absolute atomic E-state index is 9.39. The van der Waals surface area contributed by atoms with Crippen molar-refractivity contribution in [3.8, 4) is 29.4 Å². The molecule has 0 spiro atoms. The number of hydrogen-bond donors (Lipinski definition) is 1. The number of phenols is 1. The van der Waals surface area contributed by atoms with Crippen LogP contribution in [0.5, 0.6) is 11.5 Å². The van der Waals surface area contributed by atoms with Crippen molar-refractivity contribution in [2.24, 2.45) is 0 Å². The molecule has 0 aliphatic rings. The van der Waals surface area contributed by atoms with Crippen molar-refractivity contribution in [2.45, 2.75) is 6.42 Å². The lowest BCUT2D eigenvalue weighted by atomic mass is 10.2. The van der Waals surface area contributed by atoms with Gasteiger partial charge in [0.2, 0.25) is 0 Å². The highest BCUT2D eigenvalue weighted by molar-refractivity contribution is 5.47. The van der Waals surface area contributed by atoms with Crippen LogP contribution in [0.2, 0.25) is 0 Å². The van der Waals surface area contributed by atoms with Gasteiger partial charge in [-0.2, -0.15) is 5.26 Å². The van der Waals surface area contributed by atoms with Crippen LogP contribution in [0, 0.1) is 23.2 Å². The molecule has 0 aromatic heterocycles. The highest BCUT2D eigenvalue weighted by atomic mass is 16.5. The zero-order valence-electron chi connectivity index (χ0n) is 7.74. The van der Waals surface area contributed by atoms with E-state index in [0.717, 1.165) is 0 Å². The number of rotatable bonds is 1.